The van der Waals surface area contributed by atoms with Crippen LogP contribution < -0.4 is 23.5 Å². The van der Waals surface area contributed by atoms with Crippen molar-refractivity contribution in [3.05, 3.63) is 75.9 Å². The third-order valence-electron chi connectivity index (χ3n) is 6.90. The maximum absolute atomic E-state index is 13.1. The van der Waals surface area contributed by atoms with E-state index < -0.39 is 5.97 Å². The molecule has 0 saturated heterocycles. The first-order chi connectivity index (χ1) is 17.5. The molecule has 0 radical (unpaired) electrons. The van der Waals surface area contributed by atoms with Gasteiger partial charge in [0.1, 0.15) is 0 Å². The van der Waals surface area contributed by atoms with Gasteiger partial charge in [0.2, 0.25) is 12.3 Å². The number of rotatable bonds is 3. The van der Waals surface area contributed by atoms with E-state index in [-0.39, 0.29) is 29.8 Å². The summed E-state index contributed by atoms with van der Waals surface area (Å²) in [6.07, 6.45) is 2.87. The number of ether oxygens (including phenoxy) is 4. The minimum absolute atomic E-state index is 0. The van der Waals surface area contributed by atoms with Gasteiger partial charge >= 0.3 is 5.97 Å². The van der Waals surface area contributed by atoms with Crippen molar-refractivity contribution in [1.82, 2.24) is 0 Å². The van der Waals surface area contributed by atoms with Gasteiger partial charge in [-0.05, 0) is 54.1 Å². The second-order valence-electron chi connectivity index (χ2n) is 8.80. The van der Waals surface area contributed by atoms with Crippen LogP contribution in [0.3, 0.4) is 0 Å². The van der Waals surface area contributed by atoms with Gasteiger partial charge in [0, 0.05) is 22.2 Å². The highest BCUT2D eigenvalue weighted by Crippen LogP contribution is 2.46. The fraction of sp³-hybridized carbons (Fsp3) is 0.143. The molecule has 0 N–H and O–H groups in total. The molecular weight excluding hydrogens is 537 g/mol. The molecule has 0 unspecified atom stereocenters. The van der Waals surface area contributed by atoms with Gasteiger partial charge in [-0.1, -0.05) is 23.2 Å². The Morgan fingerprint density at radius 2 is 1.78 bits per heavy atom. The Labute approximate surface area is 227 Å². The molecule has 2 aliphatic rings. The first kappa shape index (κ1) is 23.9. The summed E-state index contributed by atoms with van der Waals surface area (Å²) in [6.45, 7) is 1.00. The van der Waals surface area contributed by atoms with Crippen LogP contribution in [0.1, 0.15) is 15.9 Å². The Hall–Kier alpha value is -3.45. The van der Waals surface area contributed by atoms with Gasteiger partial charge in [-0.15, -0.1) is 12.4 Å². The second kappa shape index (κ2) is 8.84. The molecule has 4 aromatic carbocycles. The summed E-state index contributed by atoms with van der Waals surface area (Å²) in [7, 11) is 1.55. The van der Waals surface area contributed by atoms with E-state index in [1.165, 1.54) is 11.6 Å². The number of benzene rings is 4. The number of aryl methyl sites for hydroxylation is 2. The molecule has 9 heteroatoms. The average molecular weight is 556 g/mol. The van der Waals surface area contributed by atoms with Crippen LogP contribution in [0.25, 0.3) is 32.4 Å². The van der Waals surface area contributed by atoms with E-state index in [2.05, 4.69) is 22.8 Å². The van der Waals surface area contributed by atoms with E-state index in [1.807, 2.05) is 18.3 Å². The number of hydrogen-bond acceptors (Lipinski definition) is 5. The summed E-state index contributed by atoms with van der Waals surface area (Å²) in [5.41, 5.74) is 2.57. The molecule has 37 heavy (non-hydrogen) atoms. The summed E-state index contributed by atoms with van der Waals surface area (Å²) in [6, 6.07) is 14.7. The van der Waals surface area contributed by atoms with Crippen LogP contribution in [0.4, 0.5) is 0 Å². The molecule has 5 aromatic rings. The molecule has 0 aliphatic carbocycles. The number of fused-ring (bicyclic) bond motifs is 4. The molecule has 3 heterocycles. The molecule has 1 aromatic heterocycles. The number of methoxy groups -OCH3 is 1. The van der Waals surface area contributed by atoms with Crippen LogP contribution >= 0.6 is 35.6 Å². The first-order valence-corrected chi connectivity index (χ1v) is 12.2. The highest BCUT2D eigenvalue weighted by Gasteiger charge is 2.30. The van der Waals surface area contributed by atoms with Crippen molar-refractivity contribution in [1.29, 1.82) is 0 Å². The van der Waals surface area contributed by atoms with Crippen molar-refractivity contribution in [2.24, 2.45) is 0 Å². The topological polar surface area (TPSA) is 57.9 Å². The number of pyridine rings is 1. The molecule has 0 saturated carbocycles. The van der Waals surface area contributed by atoms with Crippen molar-refractivity contribution < 1.29 is 28.3 Å². The normalized spacial score (nSPS) is 13.3. The van der Waals surface area contributed by atoms with Crippen molar-refractivity contribution >= 4 is 74.0 Å². The summed E-state index contributed by atoms with van der Waals surface area (Å²) in [4.78, 5) is 13.1. The molecule has 0 bridgehead atoms. The maximum atomic E-state index is 13.1. The highest BCUT2D eigenvalue weighted by atomic mass is 35.5. The Morgan fingerprint density at radius 1 is 0.973 bits per heavy atom. The van der Waals surface area contributed by atoms with Gasteiger partial charge < -0.3 is 18.9 Å². The van der Waals surface area contributed by atoms with Crippen molar-refractivity contribution in [3.63, 3.8) is 0 Å². The molecule has 0 spiro atoms. The standard InChI is InChI=1S/C28H18Cl2NO5.ClH/c1-33-22-7-6-16-17-4-5-19-24-14(10-23-26(19)35-13-34-23)8-9-31(25(17)24)12-20(16)27(22)36-28(32)18-3-2-15(29)11-21(18)30;/h2-7,10-12H,8-9,13H2,1H3;1H/q+1;. The van der Waals surface area contributed by atoms with E-state index in [9.17, 15) is 4.79 Å². The van der Waals surface area contributed by atoms with E-state index in [0.29, 0.717) is 16.5 Å². The Morgan fingerprint density at radius 3 is 2.59 bits per heavy atom. The molecule has 0 fully saturated rings. The second-order valence-corrected chi connectivity index (χ2v) is 9.64. The van der Waals surface area contributed by atoms with Crippen molar-refractivity contribution in [3.8, 4) is 23.0 Å². The van der Waals surface area contributed by atoms with Gasteiger partial charge in [0.25, 0.3) is 0 Å². The molecule has 6 nitrogen and oxygen atoms in total. The monoisotopic (exact) mass is 554 g/mol. The van der Waals surface area contributed by atoms with E-state index in [1.54, 1.807) is 19.2 Å². The van der Waals surface area contributed by atoms with Crippen LogP contribution in [0.15, 0.2) is 54.7 Å². The SMILES string of the molecule is COc1ccc2c(c[n+]3c4c2ccc2c5c(cc(c24)CC3)OCO5)c1OC(=O)c1ccc(Cl)cc1Cl.Cl. The molecule has 2 aliphatic heterocycles. The van der Waals surface area contributed by atoms with Gasteiger partial charge in [0.05, 0.1) is 33.9 Å². The fourth-order valence-electron chi connectivity index (χ4n) is 5.30. The lowest BCUT2D eigenvalue weighted by Gasteiger charge is -2.18. The number of carbonyl (C=O) groups excluding carboxylic acids is 1. The number of nitrogens with zero attached hydrogens (tertiary/aromatic N) is 1. The lowest BCUT2D eigenvalue weighted by molar-refractivity contribution is -0.670. The zero-order valence-electron chi connectivity index (χ0n) is 19.5. The van der Waals surface area contributed by atoms with Crippen LogP contribution in [0, 0.1) is 0 Å². The van der Waals surface area contributed by atoms with Crippen LogP contribution in [0.5, 0.6) is 23.0 Å². The highest BCUT2D eigenvalue weighted by molar-refractivity contribution is 6.36. The Balaban J connectivity index is 0.00000252. The smallest absolute Gasteiger partial charge is 0.345 e. The third kappa shape index (κ3) is 3.55. The maximum Gasteiger partial charge on any atom is 0.345 e. The lowest BCUT2D eigenvalue weighted by atomic mass is 9.93. The summed E-state index contributed by atoms with van der Waals surface area (Å²) >= 11 is 12.3. The quantitative estimate of drug-likeness (QED) is 0.108. The van der Waals surface area contributed by atoms with Crippen molar-refractivity contribution in [2.45, 2.75) is 13.0 Å². The number of esters is 1. The minimum atomic E-state index is -0.588. The van der Waals surface area contributed by atoms with E-state index in [4.69, 9.17) is 42.1 Å². The fourth-order valence-corrected chi connectivity index (χ4v) is 5.79. The largest absolute Gasteiger partial charge is 0.493 e. The summed E-state index contributed by atoms with van der Waals surface area (Å²) < 4.78 is 25.2. The molecule has 7 rings (SSSR count). The molecule has 0 amide bonds. The van der Waals surface area contributed by atoms with E-state index >= 15 is 0 Å². The van der Waals surface area contributed by atoms with Crippen LogP contribution in [-0.4, -0.2) is 19.9 Å². The summed E-state index contributed by atoms with van der Waals surface area (Å²) in [5.74, 6) is 1.79. The van der Waals surface area contributed by atoms with Crippen molar-refractivity contribution in [2.75, 3.05) is 13.9 Å². The lowest BCUT2D eigenvalue weighted by Crippen LogP contribution is -2.38. The average Bonchev–Trinajstić information content (AvgIpc) is 3.35. The first-order valence-electron chi connectivity index (χ1n) is 11.4. The Bertz CT molecular complexity index is 1790. The molecule has 186 valence electrons. The summed E-state index contributed by atoms with van der Waals surface area (Å²) in [5, 5.41) is 5.62. The van der Waals surface area contributed by atoms with Crippen LogP contribution in [-0.2, 0) is 13.0 Å². The molecular formula is C28H19Cl3NO5+. The zero-order valence-corrected chi connectivity index (χ0v) is 21.8. The number of halogens is 3. The van der Waals surface area contributed by atoms with Gasteiger partial charge in [-0.3, -0.25) is 0 Å². The number of aromatic nitrogens is 1. The minimum Gasteiger partial charge on any atom is -0.493 e. The Kier molecular flexibility index (Phi) is 5.71. The van der Waals surface area contributed by atoms with E-state index in [0.717, 1.165) is 56.9 Å². The molecule has 0 atom stereocenters. The zero-order chi connectivity index (χ0) is 24.6. The van der Waals surface area contributed by atoms with Crippen LogP contribution in [0.2, 0.25) is 10.0 Å². The predicted molar refractivity (Wildman–Crippen MR) is 144 cm³/mol. The van der Waals surface area contributed by atoms with Gasteiger partial charge in [0.15, 0.2) is 35.7 Å². The third-order valence-corrected chi connectivity index (χ3v) is 7.45. The van der Waals surface area contributed by atoms with Gasteiger partial charge in [-0.2, -0.15) is 4.57 Å². The number of hydrogen-bond donors (Lipinski definition) is 0. The predicted octanol–water partition coefficient (Wildman–Crippen LogP) is 6.67. The van der Waals surface area contributed by atoms with Gasteiger partial charge in [-0.25, -0.2) is 4.79 Å². The number of carbonyl (C=O) groups is 1.